The van der Waals surface area contributed by atoms with Crippen molar-refractivity contribution >= 4 is 11.7 Å². The van der Waals surface area contributed by atoms with Gasteiger partial charge in [0.2, 0.25) is 0 Å². The van der Waals surface area contributed by atoms with Crippen LogP contribution in [0.1, 0.15) is 32.3 Å². The zero-order valence-corrected chi connectivity index (χ0v) is 12.8. The summed E-state index contributed by atoms with van der Waals surface area (Å²) >= 11 is 0. The molecule has 4 heteroatoms. The van der Waals surface area contributed by atoms with Crippen LogP contribution in [0.2, 0.25) is 0 Å². The van der Waals surface area contributed by atoms with E-state index in [-0.39, 0.29) is 6.54 Å². The third kappa shape index (κ3) is 5.61. The highest BCUT2D eigenvalue weighted by atomic mass is 16.4. The van der Waals surface area contributed by atoms with Gasteiger partial charge in [0.15, 0.2) is 0 Å². The molecule has 0 aliphatic heterocycles. The summed E-state index contributed by atoms with van der Waals surface area (Å²) in [6, 6.07) is 8.39. The molecule has 0 atom stereocenters. The van der Waals surface area contributed by atoms with Crippen molar-refractivity contribution in [1.29, 1.82) is 0 Å². The van der Waals surface area contributed by atoms with E-state index in [2.05, 4.69) is 36.9 Å². The molecule has 0 amide bonds. The van der Waals surface area contributed by atoms with Crippen LogP contribution in [0, 0.1) is 0 Å². The summed E-state index contributed by atoms with van der Waals surface area (Å²) in [4.78, 5) is 14.9. The summed E-state index contributed by atoms with van der Waals surface area (Å²) in [6.07, 6.45) is 2.38. The molecule has 0 aliphatic rings. The van der Waals surface area contributed by atoms with E-state index in [4.69, 9.17) is 5.11 Å². The zero-order chi connectivity index (χ0) is 15.0. The molecule has 0 saturated heterocycles. The topological polar surface area (TPSA) is 43.8 Å². The number of carboxylic acid groups (broad SMARTS) is 1. The number of carboxylic acids is 1. The maximum atomic E-state index is 10.7. The molecule has 1 aromatic rings. The summed E-state index contributed by atoms with van der Waals surface area (Å²) in [7, 11) is 1.83. The van der Waals surface area contributed by atoms with Crippen LogP contribution >= 0.6 is 0 Å². The summed E-state index contributed by atoms with van der Waals surface area (Å²) in [5, 5.41) is 8.79. The Morgan fingerprint density at radius 2 is 2.05 bits per heavy atom. The van der Waals surface area contributed by atoms with Crippen molar-refractivity contribution in [2.24, 2.45) is 0 Å². The number of hydrogen-bond donors (Lipinski definition) is 1. The first-order valence-corrected chi connectivity index (χ1v) is 7.31. The van der Waals surface area contributed by atoms with Gasteiger partial charge >= 0.3 is 5.97 Å². The molecule has 112 valence electrons. The fraction of sp³-hybridized carbons (Fsp3) is 0.562. The Balaban J connectivity index is 2.70. The van der Waals surface area contributed by atoms with Crippen molar-refractivity contribution in [2.45, 2.75) is 33.2 Å². The molecule has 1 rings (SSSR count). The first kappa shape index (κ1) is 16.5. The fourth-order valence-corrected chi connectivity index (χ4v) is 2.27. The number of likely N-dealkylation sites (N-methyl/N-ethyl adjacent to an activating group) is 1. The number of anilines is 1. The molecule has 1 N–H and O–H groups in total. The number of nitrogens with zero attached hydrogens (tertiary/aromatic N) is 2. The predicted molar refractivity (Wildman–Crippen MR) is 83.2 cm³/mol. The second-order valence-electron chi connectivity index (χ2n) is 5.17. The minimum atomic E-state index is -0.790. The fourth-order valence-electron chi connectivity index (χ4n) is 2.27. The third-order valence-electron chi connectivity index (χ3n) is 3.30. The van der Waals surface area contributed by atoms with Crippen LogP contribution in [0.5, 0.6) is 0 Å². The highest BCUT2D eigenvalue weighted by Crippen LogP contribution is 2.17. The molecule has 0 aliphatic carbocycles. The molecule has 4 nitrogen and oxygen atoms in total. The number of carbonyl (C=O) groups is 1. The summed E-state index contributed by atoms with van der Waals surface area (Å²) < 4.78 is 0. The molecule has 0 fully saturated rings. The lowest BCUT2D eigenvalue weighted by molar-refractivity contribution is -0.138. The molecule has 0 aromatic heterocycles. The second kappa shape index (κ2) is 8.59. The Morgan fingerprint density at radius 3 is 2.65 bits per heavy atom. The lowest BCUT2D eigenvalue weighted by atomic mass is 10.1. The predicted octanol–water partition coefficient (Wildman–Crippen LogP) is 2.83. The van der Waals surface area contributed by atoms with Gasteiger partial charge in [-0.3, -0.25) is 9.69 Å². The molecular formula is C16H26N2O2. The van der Waals surface area contributed by atoms with Crippen LogP contribution in [0.15, 0.2) is 24.3 Å². The lowest BCUT2D eigenvalue weighted by Gasteiger charge is -2.24. The summed E-state index contributed by atoms with van der Waals surface area (Å²) in [5.41, 5.74) is 2.38. The van der Waals surface area contributed by atoms with E-state index in [1.165, 1.54) is 18.5 Å². The van der Waals surface area contributed by atoms with Gasteiger partial charge in [0.1, 0.15) is 0 Å². The maximum Gasteiger partial charge on any atom is 0.317 e. The van der Waals surface area contributed by atoms with Crippen molar-refractivity contribution in [2.75, 3.05) is 31.6 Å². The van der Waals surface area contributed by atoms with E-state index in [1.54, 1.807) is 0 Å². The van der Waals surface area contributed by atoms with Gasteiger partial charge in [0.05, 0.1) is 6.54 Å². The van der Waals surface area contributed by atoms with Gasteiger partial charge < -0.3 is 10.0 Å². The Bertz CT molecular complexity index is 421. The van der Waals surface area contributed by atoms with Crippen LogP contribution in [-0.4, -0.2) is 42.7 Å². The van der Waals surface area contributed by atoms with Crippen LogP contribution in [0.25, 0.3) is 0 Å². The standard InChI is InChI=1S/C16H26N2O2/c1-4-6-10-18(5-2)15-9-7-8-14(11-15)12-17(3)13-16(19)20/h7-9,11H,4-6,10,12-13H2,1-3H3,(H,19,20). The van der Waals surface area contributed by atoms with Gasteiger partial charge in [-0.1, -0.05) is 25.5 Å². The van der Waals surface area contributed by atoms with Gasteiger partial charge in [-0.05, 0) is 38.1 Å². The number of aliphatic carboxylic acids is 1. The number of unbranched alkanes of at least 4 members (excludes halogenated alkanes) is 1. The molecule has 1 aromatic carbocycles. The zero-order valence-electron chi connectivity index (χ0n) is 12.8. The third-order valence-corrected chi connectivity index (χ3v) is 3.30. The number of benzene rings is 1. The number of hydrogen-bond acceptors (Lipinski definition) is 3. The van der Waals surface area contributed by atoms with E-state index in [9.17, 15) is 4.79 Å². The van der Waals surface area contributed by atoms with E-state index in [0.29, 0.717) is 6.54 Å². The van der Waals surface area contributed by atoms with Crippen LogP contribution < -0.4 is 4.90 Å². The monoisotopic (exact) mass is 278 g/mol. The van der Waals surface area contributed by atoms with Crippen molar-refractivity contribution in [3.8, 4) is 0 Å². The lowest BCUT2D eigenvalue weighted by Crippen LogP contribution is -2.26. The summed E-state index contributed by atoms with van der Waals surface area (Å²) in [5.74, 6) is -0.790. The van der Waals surface area contributed by atoms with Gasteiger partial charge in [-0.2, -0.15) is 0 Å². The van der Waals surface area contributed by atoms with E-state index < -0.39 is 5.97 Å². The molecule has 0 saturated carbocycles. The largest absolute Gasteiger partial charge is 0.480 e. The maximum absolute atomic E-state index is 10.7. The molecular weight excluding hydrogens is 252 g/mol. The smallest absolute Gasteiger partial charge is 0.317 e. The van der Waals surface area contributed by atoms with Gasteiger partial charge in [0, 0.05) is 25.3 Å². The van der Waals surface area contributed by atoms with Crippen molar-refractivity contribution in [3.05, 3.63) is 29.8 Å². The first-order chi connectivity index (χ1) is 9.56. The molecule has 0 radical (unpaired) electrons. The Kier molecular flexibility index (Phi) is 7.09. The average molecular weight is 278 g/mol. The first-order valence-electron chi connectivity index (χ1n) is 7.31. The highest BCUT2D eigenvalue weighted by Gasteiger charge is 2.08. The van der Waals surface area contributed by atoms with E-state index in [1.807, 2.05) is 18.0 Å². The molecule has 20 heavy (non-hydrogen) atoms. The second-order valence-corrected chi connectivity index (χ2v) is 5.17. The van der Waals surface area contributed by atoms with Gasteiger partial charge in [-0.25, -0.2) is 0 Å². The minimum Gasteiger partial charge on any atom is -0.480 e. The Hall–Kier alpha value is -1.55. The van der Waals surface area contributed by atoms with Crippen LogP contribution in [0.3, 0.4) is 0 Å². The van der Waals surface area contributed by atoms with Gasteiger partial charge in [0.25, 0.3) is 0 Å². The van der Waals surface area contributed by atoms with Crippen LogP contribution in [-0.2, 0) is 11.3 Å². The van der Waals surface area contributed by atoms with Gasteiger partial charge in [-0.15, -0.1) is 0 Å². The molecule has 0 heterocycles. The van der Waals surface area contributed by atoms with Crippen molar-refractivity contribution < 1.29 is 9.90 Å². The Labute approximate surface area is 122 Å². The van der Waals surface area contributed by atoms with Crippen LogP contribution in [0.4, 0.5) is 5.69 Å². The SMILES string of the molecule is CCCCN(CC)c1cccc(CN(C)CC(=O)O)c1. The van der Waals surface area contributed by atoms with Crippen molar-refractivity contribution in [1.82, 2.24) is 4.90 Å². The minimum absolute atomic E-state index is 0.0670. The Morgan fingerprint density at radius 1 is 1.30 bits per heavy atom. The normalized spacial score (nSPS) is 10.8. The molecule has 0 unspecified atom stereocenters. The van der Waals surface area contributed by atoms with E-state index >= 15 is 0 Å². The van der Waals surface area contributed by atoms with Crippen molar-refractivity contribution in [3.63, 3.8) is 0 Å². The number of rotatable bonds is 9. The van der Waals surface area contributed by atoms with E-state index in [0.717, 1.165) is 18.7 Å². The highest BCUT2D eigenvalue weighted by molar-refractivity contribution is 5.69. The summed E-state index contributed by atoms with van der Waals surface area (Å²) in [6.45, 7) is 7.16. The quantitative estimate of drug-likeness (QED) is 0.754. The average Bonchev–Trinajstić information content (AvgIpc) is 2.39. The molecule has 0 spiro atoms. The molecule has 0 bridgehead atoms.